The number of rotatable bonds is 5. The number of amidine groups is 1. The second-order valence-corrected chi connectivity index (χ2v) is 13.9. The predicted molar refractivity (Wildman–Crippen MR) is 161 cm³/mol. The van der Waals surface area contributed by atoms with E-state index in [1.807, 2.05) is 13.8 Å². The first-order chi connectivity index (χ1) is 21.2. The van der Waals surface area contributed by atoms with Crippen molar-refractivity contribution in [2.45, 2.75) is 69.6 Å². The average Bonchev–Trinajstić information content (AvgIpc) is 3.65. The van der Waals surface area contributed by atoms with Crippen LogP contribution in [0.4, 0.5) is 23.7 Å². The molecule has 3 heterocycles. The number of sulfonamides is 1. The fourth-order valence-electron chi connectivity index (χ4n) is 6.87. The van der Waals surface area contributed by atoms with Crippen molar-refractivity contribution in [3.05, 3.63) is 69.6 Å². The zero-order valence-electron chi connectivity index (χ0n) is 24.7. The van der Waals surface area contributed by atoms with E-state index in [4.69, 9.17) is 0 Å². The van der Waals surface area contributed by atoms with E-state index in [9.17, 15) is 36.0 Å². The molecule has 0 radical (unpaired) electrons. The maximum absolute atomic E-state index is 13.3. The van der Waals surface area contributed by atoms with Gasteiger partial charge in [-0.3, -0.25) is 24.8 Å². The molecule has 0 unspecified atom stereocenters. The van der Waals surface area contributed by atoms with Gasteiger partial charge in [-0.1, -0.05) is 25.0 Å². The highest BCUT2D eigenvalue weighted by molar-refractivity contribution is 7.92. The van der Waals surface area contributed by atoms with E-state index >= 15 is 0 Å². The number of amides is 4. The summed E-state index contributed by atoms with van der Waals surface area (Å²) >= 11 is 0. The number of aryl methyl sites for hydroxylation is 2. The lowest BCUT2D eigenvalue weighted by molar-refractivity contribution is -0.137. The molecule has 45 heavy (non-hydrogen) atoms. The molecule has 2 spiro atoms. The molecular formula is C31H32F3N5O5S. The second-order valence-electron chi connectivity index (χ2n) is 12.1. The highest BCUT2D eigenvalue weighted by atomic mass is 32.2. The van der Waals surface area contributed by atoms with Gasteiger partial charge in [-0.15, -0.1) is 0 Å². The van der Waals surface area contributed by atoms with Crippen LogP contribution in [0.15, 0.2) is 46.8 Å². The van der Waals surface area contributed by atoms with Crippen LogP contribution in [0.25, 0.3) is 6.08 Å². The summed E-state index contributed by atoms with van der Waals surface area (Å²) in [5.41, 5.74) is -0.190. The number of piperidine rings is 1. The van der Waals surface area contributed by atoms with E-state index < -0.39 is 44.8 Å². The summed E-state index contributed by atoms with van der Waals surface area (Å²) in [6.45, 7) is 3.61. The molecular weight excluding hydrogens is 611 g/mol. The maximum Gasteiger partial charge on any atom is 0.416 e. The minimum Gasteiger partial charge on any atom is -0.308 e. The molecule has 1 saturated carbocycles. The van der Waals surface area contributed by atoms with Gasteiger partial charge >= 0.3 is 12.2 Å². The van der Waals surface area contributed by atoms with Gasteiger partial charge in [0.25, 0.3) is 11.8 Å². The van der Waals surface area contributed by atoms with Crippen LogP contribution in [-0.2, 0) is 25.8 Å². The predicted octanol–water partition coefficient (Wildman–Crippen LogP) is 4.40. The molecule has 3 fully saturated rings. The zero-order chi connectivity index (χ0) is 32.4. The quantitative estimate of drug-likeness (QED) is 0.467. The number of anilines is 1. The Balaban J connectivity index is 1.17. The molecule has 10 nitrogen and oxygen atoms in total. The van der Waals surface area contributed by atoms with Crippen LogP contribution in [0, 0.1) is 13.8 Å². The van der Waals surface area contributed by atoms with Crippen molar-refractivity contribution in [3.63, 3.8) is 0 Å². The molecule has 0 atom stereocenters. The monoisotopic (exact) mass is 643 g/mol. The number of hydrogen-bond acceptors (Lipinski definition) is 6. The Bertz CT molecular complexity index is 1750. The Morgan fingerprint density at radius 2 is 1.56 bits per heavy atom. The van der Waals surface area contributed by atoms with Gasteiger partial charge in [0.1, 0.15) is 16.9 Å². The Morgan fingerprint density at radius 3 is 2.18 bits per heavy atom. The van der Waals surface area contributed by atoms with Crippen LogP contribution < -0.4 is 15.5 Å². The lowest BCUT2D eigenvalue weighted by Crippen LogP contribution is -2.50. The van der Waals surface area contributed by atoms with Gasteiger partial charge in [0.05, 0.1) is 5.56 Å². The van der Waals surface area contributed by atoms with E-state index in [0.717, 1.165) is 41.5 Å². The van der Waals surface area contributed by atoms with Crippen molar-refractivity contribution in [2.75, 3.05) is 18.0 Å². The van der Waals surface area contributed by atoms with Crippen LogP contribution >= 0.6 is 0 Å². The van der Waals surface area contributed by atoms with Gasteiger partial charge in [-0.2, -0.15) is 17.5 Å². The largest absolute Gasteiger partial charge is 0.416 e. The molecule has 2 N–H and O–H groups in total. The van der Waals surface area contributed by atoms with E-state index in [-0.39, 0.29) is 43.2 Å². The van der Waals surface area contributed by atoms with Gasteiger partial charge in [0.2, 0.25) is 10.0 Å². The summed E-state index contributed by atoms with van der Waals surface area (Å²) < 4.78 is 67.4. The molecule has 0 bridgehead atoms. The van der Waals surface area contributed by atoms with E-state index in [1.54, 1.807) is 12.1 Å². The fraction of sp³-hybridized carbons (Fsp3) is 0.419. The summed E-state index contributed by atoms with van der Waals surface area (Å²) in [6.07, 6.45) is -0.0520. The summed E-state index contributed by atoms with van der Waals surface area (Å²) in [4.78, 5) is 44.4. The van der Waals surface area contributed by atoms with Crippen molar-refractivity contribution in [3.8, 4) is 0 Å². The second kappa shape index (κ2) is 10.8. The Labute approximate surface area is 258 Å². The molecule has 2 saturated heterocycles. The number of alkyl halides is 3. The van der Waals surface area contributed by atoms with Gasteiger partial charge in [-0.05, 0) is 86.6 Å². The first kappa shape index (κ1) is 31.0. The van der Waals surface area contributed by atoms with Crippen molar-refractivity contribution in [1.29, 1.82) is 0 Å². The standard InChI is InChI=1S/C31H32F3N5O5S/c1-19-16-23(39-28(42)36-27(41)30(39)9-3-4-10-30)17-20(2)24(19)8-15-45(43,44)38-13-11-29(12-14-38)26(40)35-25(37-29)21-6-5-7-22(18-21)31(32,33)34/h5-8,15-18H,3-4,9-14H2,1-2H3,(H,35,37,40)(H,36,41,42). The molecule has 0 aromatic heterocycles. The van der Waals surface area contributed by atoms with Gasteiger partial charge in [0.15, 0.2) is 0 Å². The first-order valence-electron chi connectivity index (χ1n) is 14.7. The minimum atomic E-state index is -4.55. The molecule has 6 rings (SSSR count). The van der Waals surface area contributed by atoms with Crippen LogP contribution in [0.3, 0.4) is 0 Å². The number of urea groups is 1. The van der Waals surface area contributed by atoms with Gasteiger partial charge < -0.3 is 5.32 Å². The maximum atomic E-state index is 13.3. The third-order valence-corrected chi connectivity index (χ3v) is 10.9. The van der Waals surface area contributed by atoms with Crippen molar-refractivity contribution in [1.82, 2.24) is 14.9 Å². The number of nitrogens with one attached hydrogen (secondary N) is 2. The normalized spacial score (nSPS) is 21.7. The fourth-order valence-corrected chi connectivity index (χ4v) is 8.04. The molecule has 3 aliphatic heterocycles. The van der Waals surface area contributed by atoms with Crippen molar-refractivity contribution in [2.24, 2.45) is 4.99 Å². The molecule has 2 aromatic rings. The third-order valence-electron chi connectivity index (χ3n) is 9.30. The molecule has 14 heteroatoms. The van der Waals surface area contributed by atoms with E-state index in [1.165, 1.54) is 27.4 Å². The zero-order valence-corrected chi connectivity index (χ0v) is 25.5. The number of hydrogen-bond donors (Lipinski definition) is 2. The average molecular weight is 644 g/mol. The van der Waals surface area contributed by atoms with Crippen LogP contribution in [0.5, 0.6) is 0 Å². The number of halogens is 3. The lowest BCUT2D eigenvalue weighted by Gasteiger charge is -2.34. The Kier molecular flexibility index (Phi) is 7.43. The van der Waals surface area contributed by atoms with Crippen LogP contribution in [0.2, 0.25) is 0 Å². The first-order valence-corrected chi connectivity index (χ1v) is 16.2. The van der Waals surface area contributed by atoms with Crippen molar-refractivity contribution >= 4 is 45.5 Å². The number of benzene rings is 2. The van der Waals surface area contributed by atoms with Crippen molar-refractivity contribution < 1.29 is 36.0 Å². The number of carbonyl (C=O) groups is 3. The highest BCUT2D eigenvalue weighted by Crippen LogP contribution is 2.42. The topological polar surface area (TPSA) is 128 Å². The molecule has 238 valence electrons. The third kappa shape index (κ3) is 5.33. The number of imide groups is 1. The van der Waals surface area contributed by atoms with Crippen LogP contribution in [0.1, 0.15) is 66.3 Å². The van der Waals surface area contributed by atoms with E-state index in [2.05, 4.69) is 15.6 Å². The number of carbonyl (C=O) groups excluding carboxylic acids is 3. The Morgan fingerprint density at radius 1 is 0.911 bits per heavy atom. The highest BCUT2D eigenvalue weighted by Gasteiger charge is 2.55. The number of aliphatic imine (C=N–C) groups is 1. The SMILES string of the molecule is Cc1cc(N2C(=O)NC(=O)C23CCCC3)cc(C)c1C=CS(=O)(=O)N1CCC2(CC1)N=C(c1cccc(C(F)(F)F)c1)NC2=O. The van der Waals surface area contributed by atoms with Gasteiger partial charge in [-0.25, -0.2) is 13.2 Å². The molecule has 1 aliphatic carbocycles. The summed E-state index contributed by atoms with van der Waals surface area (Å²) in [5, 5.41) is 6.14. The Hall–Kier alpha value is -4.04. The lowest BCUT2D eigenvalue weighted by atomic mass is 9.89. The minimum absolute atomic E-state index is 0.00342. The molecule has 4 aliphatic rings. The summed E-state index contributed by atoms with van der Waals surface area (Å²) in [5.74, 6) is -0.723. The number of nitrogens with zero attached hydrogens (tertiary/aromatic N) is 3. The van der Waals surface area contributed by atoms with E-state index in [0.29, 0.717) is 24.1 Å². The molecule has 2 aromatic carbocycles. The van der Waals surface area contributed by atoms with Gasteiger partial charge in [0, 0.05) is 29.7 Å². The molecule has 4 amide bonds. The summed E-state index contributed by atoms with van der Waals surface area (Å²) in [6, 6.07) is 7.63. The summed E-state index contributed by atoms with van der Waals surface area (Å²) in [7, 11) is -3.90. The van der Waals surface area contributed by atoms with Crippen LogP contribution in [-0.4, -0.2) is 60.6 Å². The smallest absolute Gasteiger partial charge is 0.308 e.